The molecule has 7 heteroatoms. The number of Topliss-reactive ketones (excluding diaryl/α,β-unsaturated/α-hetero) is 1. The number of ketones is 1. The van der Waals surface area contributed by atoms with Gasteiger partial charge in [0.25, 0.3) is 5.91 Å². The molecule has 0 radical (unpaired) electrons. The number of aliphatic hydroxyl groups excluding tert-OH is 1. The quantitative estimate of drug-likeness (QED) is 0.688. The lowest BCUT2D eigenvalue weighted by Gasteiger charge is -2.30. The van der Waals surface area contributed by atoms with Crippen molar-refractivity contribution in [3.63, 3.8) is 0 Å². The Morgan fingerprint density at radius 3 is 2.57 bits per heavy atom. The summed E-state index contributed by atoms with van der Waals surface area (Å²) in [6, 6.07) is 10.8. The van der Waals surface area contributed by atoms with Gasteiger partial charge in [0.2, 0.25) is 5.78 Å². The molecule has 1 amide bonds. The van der Waals surface area contributed by atoms with Gasteiger partial charge >= 0.3 is 0 Å². The van der Waals surface area contributed by atoms with Gasteiger partial charge < -0.3 is 14.7 Å². The number of carbonyl (C=O) groups excluding carboxylic acids is 2. The average molecular weight is 427 g/mol. The van der Waals surface area contributed by atoms with Crippen molar-refractivity contribution in [2.45, 2.75) is 19.4 Å². The summed E-state index contributed by atoms with van der Waals surface area (Å²) in [5, 5.41) is 12.5. The van der Waals surface area contributed by atoms with Crippen molar-refractivity contribution in [2.24, 2.45) is 0 Å². The van der Waals surface area contributed by atoms with Crippen LogP contribution in [0.2, 0.25) is 0 Å². The van der Waals surface area contributed by atoms with E-state index in [-0.39, 0.29) is 11.4 Å². The minimum absolute atomic E-state index is 0.178. The fourth-order valence-corrected chi connectivity index (χ4v) is 4.72. The third-order valence-corrected chi connectivity index (χ3v) is 6.53. The number of rotatable bonds is 7. The van der Waals surface area contributed by atoms with Gasteiger partial charge in [0.15, 0.2) is 5.76 Å². The number of thiophene rings is 1. The van der Waals surface area contributed by atoms with Crippen LogP contribution in [0.1, 0.15) is 33.3 Å². The molecule has 6 nitrogen and oxygen atoms in total. The highest BCUT2D eigenvalue weighted by Gasteiger charge is 2.43. The highest BCUT2D eigenvalue weighted by Crippen LogP contribution is 2.39. The van der Waals surface area contributed by atoms with Gasteiger partial charge in [-0.25, -0.2) is 0 Å². The van der Waals surface area contributed by atoms with Crippen LogP contribution < -0.4 is 0 Å². The minimum atomic E-state index is -0.572. The number of morpholine rings is 1. The van der Waals surface area contributed by atoms with Crippen molar-refractivity contribution in [1.82, 2.24) is 9.80 Å². The first kappa shape index (κ1) is 20.8. The van der Waals surface area contributed by atoms with Crippen molar-refractivity contribution in [3.8, 4) is 0 Å². The molecule has 3 heterocycles. The van der Waals surface area contributed by atoms with E-state index in [4.69, 9.17) is 4.74 Å². The number of hydrogen-bond donors (Lipinski definition) is 1. The molecule has 2 aliphatic heterocycles. The number of benzene rings is 1. The fraction of sp³-hybridized carbons (Fsp3) is 0.391. The second-order valence-corrected chi connectivity index (χ2v) is 8.64. The molecule has 1 N–H and O–H groups in total. The SMILES string of the molecule is Cc1ccc([C@@H]2C(C(=O)c3cccs3)=C(O)C(=O)N2CCCN2CCOCC2)cc1. The van der Waals surface area contributed by atoms with E-state index in [0.29, 0.717) is 11.4 Å². The summed E-state index contributed by atoms with van der Waals surface area (Å²) >= 11 is 1.32. The molecule has 2 aliphatic rings. The average Bonchev–Trinajstić information content (AvgIpc) is 3.38. The Bertz CT molecular complexity index is 931. The largest absolute Gasteiger partial charge is 0.503 e. The number of aryl methyl sites for hydroxylation is 1. The lowest BCUT2D eigenvalue weighted by Crippen LogP contribution is -2.39. The van der Waals surface area contributed by atoms with Gasteiger partial charge in [-0.3, -0.25) is 14.5 Å². The summed E-state index contributed by atoms with van der Waals surface area (Å²) in [4.78, 5) is 30.6. The van der Waals surface area contributed by atoms with E-state index in [9.17, 15) is 14.7 Å². The zero-order valence-electron chi connectivity index (χ0n) is 17.0. The second-order valence-electron chi connectivity index (χ2n) is 7.69. The number of nitrogens with zero attached hydrogens (tertiary/aromatic N) is 2. The van der Waals surface area contributed by atoms with E-state index in [1.807, 2.05) is 36.6 Å². The van der Waals surface area contributed by atoms with E-state index in [2.05, 4.69) is 4.90 Å². The zero-order valence-corrected chi connectivity index (χ0v) is 17.9. The van der Waals surface area contributed by atoms with Crippen LogP contribution in [0.15, 0.2) is 53.1 Å². The van der Waals surface area contributed by atoms with Crippen LogP contribution in [0.4, 0.5) is 0 Å². The number of ether oxygens (including phenoxy) is 1. The molecule has 1 atom stereocenters. The Morgan fingerprint density at radius 2 is 1.90 bits per heavy atom. The minimum Gasteiger partial charge on any atom is -0.503 e. The van der Waals surface area contributed by atoms with E-state index in [1.165, 1.54) is 11.3 Å². The molecule has 1 aromatic heterocycles. The summed E-state index contributed by atoms with van der Waals surface area (Å²) in [6.45, 7) is 6.56. The molecule has 0 bridgehead atoms. The lowest BCUT2D eigenvalue weighted by atomic mass is 9.94. The van der Waals surface area contributed by atoms with E-state index in [1.54, 1.807) is 17.0 Å². The van der Waals surface area contributed by atoms with Gasteiger partial charge in [-0.1, -0.05) is 35.9 Å². The van der Waals surface area contributed by atoms with Crippen LogP contribution in [0, 0.1) is 6.92 Å². The molecule has 4 rings (SSSR count). The van der Waals surface area contributed by atoms with E-state index < -0.39 is 17.7 Å². The molecule has 2 aromatic rings. The summed E-state index contributed by atoms with van der Waals surface area (Å²) in [5.74, 6) is -1.18. The molecule has 0 saturated carbocycles. The Morgan fingerprint density at radius 1 is 1.17 bits per heavy atom. The van der Waals surface area contributed by atoms with Gasteiger partial charge in [-0.15, -0.1) is 11.3 Å². The third-order valence-electron chi connectivity index (χ3n) is 5.66. The molecular weight excluding hydrogens is 400 g/mol. The highest BCUT2D eigenvalue weighted by atomic mass is 32.1. The van der Waals surface area contributed by atoms with Gasteiger partial charge in [0.1, 0.15) is 0 Å². The van der Waals surface area contributed by atoms with Crippen LogP contribution in [0.3, 0.4) is 0 Å². The maximum atomic E-state index is 13.2. The highest BCUT2D eigenvalue weighted by molar-refractivity contribution is 7.12. The van der Waals surface area contributed by atoms with Crippen molar-refractivity contribution in [3.05, 3.63) is 69.1 Å². The van der Waals surface area contributed by atoms with Crippen LogP contribution in [-0.2, 0) is 9.53 Å². The molecule has 1 aromatic carbocycles. The predicted octanol–water partition coefficient (Wildman–Crippen LogP) is 3.36. The van der Waals surface area contributed by atoms with Crippen LogP contribution in [0.5, 0.6) is 0 Å². The smallest absolute Gasteiger partial charge is 0.290 e. The maximum Gasteiger partial charge on any atom is 0.290 e. The molecule has 0 aliphatic carbocycles. The Kier molecular flexibility index (Phi) is 6.32. The summed E-state index contributed by atoms with van der Waals surface area (Å²) < 4.78 is 5.39. The van der Waals surface area contributed by atoms with Crippen molar-refractivity contribution in [1.29, 1.82) is 0 Å². The summed E-state index contributed by atoms with van der Waals surface area (Å²) in [7, 11) is 0. The van der Waals surface area contributed by atoms with Crippen LogP contribution >= 0.6 is 11.3 Å². The molecule has 1 fully saturated rings. The summed E-state index contributed by atoms with van der Waals surface area (Å²) in [5.41, 5.74) is 2.11. The van der Waals surface area contributed by atoms with Gasteiger partial charge in [-0.2, -0.15) is 0 Å². The molecule has 0 unspecified atom stereocenters. The number of hydrogen-bond acceptors (Lipinski definition) is 6. The van der Waals surface area contributed by atoms with E-state index in [0.717, 1.165) is 50.4 Å². The molecule has 0 spiro atoms. The Balaban J connectivity index is 1.59. The summed E-state index contributed by atoms with van der Waals surface area (Å²) in [6.07, 6.45) is 0.766. The van der Waals surface area contributed by atoms with Crippen molar-refractivity contribution >= 4 is 23.0 Å². The van der Waals surface area contributed by atoms with Gasteiger partial charge in [0, 0.05) is 26.2 Å². The third kappa shape index (κ3) is 4.19. The Labute approximate surface area is 180 Å². The monoisotopic (exact) mass is 426 g/mol. The first-order valence-electron chi connectivity index (χ1n) is 10.2. The lowest BCUT2D eigenvalue weighted by molar-refractivity contribution is -0.129. The molecule has 1 saturated heterocycles. The molecule has 30 heavy (non-hydrogen) atoms. The fourth-order valence-electron chi connectivity index (χ4n) is 4.04. The number of carbonyl (C=O) groups is 2. The van der Waals surface area contributed by atoms with Crippen molar-refractivity contribution in [2.75, 3.05) is 39.4 Å². The van der Waals surface area contributed by atoms with Crippen LogP contribution in [-0.4, -0.2) is 66.0 Å². The zero-order chi connectivity index (χ0) is 21.1. The van der Waals surface area contributed by atoms with Gasteiger partial charge in [0.05, 0.1) is 29.7 Å². The molecule has 158 valence electrons. The predicted molar refractivity (Wildman–Crippen MR) is 116 cm³/mol. The molecular formula is C23H26N2O4S. The number of amides is 1. The maximum absolute atomic E-state index is 13.2. The van der Waals surface area contributed by atoms with E-state index >= 15 is 0 Å². The second kappa shape index (κ2) is 9.12. The van der Waals surface area contributed by atoms with Gasteiger partial charge in [-0.05, 0) is 30.4 Å². The van der Waals surface area contributed by atoms with Crippen LogP contribution in [0.25, 0.3) is 0 Å². The standard InChI is InChI=1S/C23H26N2O4S/c1-16-5-7-17(8-6-16)20-19(21(26)18-4-2-15-30-18)22(27)23(28)25(20)10-3-9-24-11-13-29-14-12-24/h2,4-8,15,20,27H,3,9-14H2,1H3/t20-/m1/s1. The normalized spacial score (nSPS) is 20.2. The first-order chi connectivity index (χ1) is 14.6. The Hall–Kier alpha value is -2.48. The topological polar surface area (TPSA) is 70.1 Å². The first-order valence-corrected chi connectivity index (χ1v) is 11.1. The van der Waals surface area contributed by atoms with Crippen molar-refractivity contribution < 1.29 is 19.4 Å². The number of aliphatic hydroxyl groups is 1.